The van der Waals surface area contributed by atoms with Crippen LogP contribution in [0.3, 0.4) is 0 Å². The number of benzene rings is 2. The number of rotatable bonds is 5. The van der Waals surface area contributed by atoms with Gasteiger partial charge in [0.15, 0.2) is 5.82 Å². The Balaban J connectivity index is 1.25. The molecule has 2 aromatic carbocycles. The molecule has 4 aromatic rings. The molecule has 0 bridgehead atoms. The Morgan fingerprint density at radius 1 is 1.03 bits per heavy atom. The average Bonchev–Trinajstić information content (AvgIpc) is 3.54. The number of nitrogens with two attached hydrogens (primary N) is 1. The number of carbonyl (C=O) groups excluding carboxylic acids is 1. The maximum Gasteiger partial charge on any atom is 0.298 e. The highest BCUT2D eigenvalue weighted by Gasteiger charge is 2.35. The van der Waals surface area contributed by atoms with E-state index in [1.165, 1.54) is 29.7 Å². The van der Waals surface area contributed by atoms with Gasteiger partial charge in [0.25, 0.3) is 11.5 Å². The fraction of sp³-hybridized carbons (Fsp3) is 0.345. The van der Waals surface area contributed by atoms with E-state index in [1.54, 1.807) is 10.6 Å². The molecular formula is C29H30N6O2S. The van der Waals surface area contributed by atoms with Gasteiger partial charge in [0, 0.05) is 43.1 Å². The van der Waals surface area contributed by atoms with Crippen molar-refractivity contribution in [3.63, 3.8) is 0 Å². The molecule has 9 heteroatoms. The number of anilines is 3. The normalized spacial score (nSPS) is 19.6. The number of aromatic nitrogens is 2. The number of nitrogens with zero attached hydrogens (tertiary/aromatic N) is 4. The highest BCUT2D eigenvalue weighted by atomic mass is 32.1. The Labute approximate surface area is 224 Å². The Hall–Kier alpha value is -3.69. The maximum absolute atomic E-state index is 13.3. The Morgan fingerprint density at radius 3 is 2.68 bits per heavy atom. The van der Waals surface area contributed by atoms with E-state index in [1.807, 2.05) is 24.3 Å². The molecule has 194 valence electrons. The van der Waals surface area contributed by atoms with E-state index in [4.69, 9.17) is 5.73 Å². The summed E-state index contributed by atoms with van der Waals surface area (Å²) in [4.78, 5) is 36.8. The lowest BCUT2D eigenvalue weighted by Gasteiger charge is -2.32. The molecule has 1 aliphatic carbocycles. The van der Waals surface area contributed by atoms with Crippen LogP contribution >= 0.6 is 11.3 Å². The quantitative estimate of drug-likeness (QED) is 0.407. The molecule has 2 aliphatic heterocycles. The van der Waals surface area contributed by atoms with Gasteiger partial charge in [0.2, 0.25) is 0 Å². The number of nitrogen functional groups attached to an aromatic ring is 1. The number of nitrogens with one attached hydrogen (secondary N) is 1. The molecule has 4 heterocycles. The van der Waals surface area contributed by atoms with E-state index >= 15 is 0 Å². The van der Waals surface area contributed by atoms with Crippen LogP contribution in [0.1, 0.15) is 40.9 Å². The zero-order chi connectivity index (χ0) is 25.8. The van der Waals surface area contributed by atoms with Crippen LogP contribution < -0.4 is 21.5 Å². The largest absolute Gasteiger partial charge is 0.379 e. The minimum absolute atomic E-state index is 0.0696. The molecule has 0 spiro atoms. The van der Waals surface area contributed by atoms with Crippen LogP contribution in [0.5, 0.6) is 0 Å². The van der Waals surface area contributed by atoms with E-state index in [0.29, 0.717) is 21.3 Å². The summed E-state index contributed by atoms with van der Waals surface area (Å²) in [5.74, 6) is -0.186. The van der Waals surface area contributed by atoms with Gasteiger partial charge in [-0.25, -0.2) is 4.98 Å². The van der Waals surface area contributed by atoms with Crippen molar-refractivity contribution < 1.29 is 4.79 Å². The minimum atomic E-state index is -0.375. The van der Waals surface area contributed by atoms with Crippen molar-refractivity contribution in [3.8, 4) is 5.69 Å². The first-order chi connectivity index (χ1) is 18.5. The highest BCUT2D eigenvalue weighted by molar-refractivity contribution is 7.20. The molecule has 2 fully saturated rings. The smallest absolute Gasteiger partial charge is 0.298 e. The number of hydrogen-bond acceptors (Lipinski definition) is 7. The van der Waals surface area contributed by atoms with Crippen molar-refractivity contribution >= 4 is 44.8 Å². The van der Waals surface area contributed by atoms with Gasteiger partial charge in [-0.2, -0.15) is 0 Å². The third-order valence-electron chi connectivity index (χ3n) is 7.93. The van der Waals surface area contributed by atoms with Crippen molar-refractivity contribution in [3.05, 3.63) is 75.4 Å². The zero-order valence-electron chi connectivity index (χ0n) is 21.1. The van der Waals surface area contributed by atoms with Crippen LogP contribution in [0.4, 0.5) is 17.2 Å². The van der Waals surface area contributed by atoms with E-state index < -0.39 is 0 Å². The molecule has 38 heavy (non-hydrogen) atoms. The van der Waals surface area contributed by atoms with E-state index in [0.717, 1.165) is 56.0 Å². The Kier molecular flexibility index (Phi) is 5.70. The number of fused-ring (bicyclic) bond motifs is 2. The molecule has 1 saturated carbocycles. The molecule has 1 atom stereocenters. The first-order valence-corrected chi connectivity index (χ1v) is 14.2. The van der Waals surface area contributed by atoms with Gasteiger partial charge in [0.05, 0.1) is 16.1 Å². The third-order valence-corrected chi connectivity index (χ3v) is 8.95. The second-order valence-corrected chi connectivity index (χ2v) is 11.6. The lowest BCUT2D eigenvalue weighted by molar-refractivity contribution is 0.0941. The van der Waals surface area contributed by atoms with E-state index in [9.17, 15) is 9.59 Å². The van der Waals surface area contributed by atoms with Crippen LogP contribution in [0.25, 0.3) is 16.0 Å². The predicted octanol–water partition coefficient (Wildman–Crippen LogP) is 4.08. The van der Waals surface area contributed by atoms with Gasteiger partial charge in [-0.15, -0.1) is 11.3 Å². The Morgan fingerprint density at radius 2 is 1.87 bits per heavy atom. The summed E-state index contributed by atoms with van der Waals surface area (Å²) in [6.07, 6.45) is 5.57. The standard InChI is InChI=1S/C29H30N6O2S/c30-26-29(37)35(22-9-8-18-5-4-13-34(23(18)15-22)21-6-2-1-3-7-21)24-16-25(38-28(24)32-26)27(36)31-19-12-14-33(17-19)20-10-11-20/h1-3,6-9,15-16,19-20H,4-5,10-14,17H2,(H2,30,32)(H,31,36)/t19-/m0/s1. The predicted molar refractivity (Wildman–Crippen MR) is 152 cm³/mol. The first kappa shape index (κ1) is 23.4. The molecule has 0 radical (unpaired) electrons. The first-order valence-electron chi connectivity index (χ1n) is 13.4. The van der Waals surface area contributed by atoms with Crippen LogP contribution in [0.2, 0.25) is 0 Å². The van der Waals surface area contributed by atoms with Gasteiger partial charge < -0.3 is 16.0 Å². The molecule has 3 aliphatic rings. The van der Waals surface area contributed by atoms with Gasteiger partial charge >= 0.3 is 0 Å². The Bertz CT molecular complexity index is 1590. The number of amides is 1. The van der Waals surface area contributed by atoms with E-state index in [2.05, 4.69) is 44.4 Å². The number of para-hydroxylation sites is 1. The molecular weight excluding hydrogens is 496 g/mol. The van der Waals surface area contributed by atoms with Crippen molar-refractivity contribution in [2.24, 2.45) is 0 Å². The lowest BCUT2D eigenvalue weighted by atomic mass is 10.00. The van der Waals surface area contributed by atoms with Gasteiger partial charge in [0.1, 0.15) is 4.83 Å². The molecule has 1 saturated heterocycles. The minimum Gasteiger partial charge on any atom is -0.379 e. The molecule has 2 aromatic heterocycles. The van der Waals surface area contributed by atoms with Gasteiger partial charge in [-0.3, -0.25) is 19.1 Å². The fourth-order valence-electron chi connectivity index (χ4n) is 5.87. The van der Waals surface area contributed by atoms with Crippen LogP contribution in [0, 0.1) is 0 Å². The molecule has 1 amide bonds. The number of carbonyl (C=O) groups is 1. The lowest BCUT2D eigenvalue weighted by Crippen LogP contribution is -2.37. The molecule has 0 unspecified atom stereocenters. The van der Waals surface area contributed by atoms with Crippen molar-refractivity contribution in [2.45, 2.75) is 44.2 Å². The molecule has 7 rings (SSSR count). The second kappa shape index (κ2) is 9.25. The second-order valence-electron chi connectivity index (χ2n) is 10.5. The highest BCUT2D eigenvalue weighted by Crippen LogP contribution is 2.36. The SMILES string of the molecule is Nc1nc2sc(C(=O)N[C@H]3CCN(C4CC4)C3)cc2n(-c2ccc3c(c2)N(c2ccccc2)CCC3)c1=O. The maximum atomic E-state index is 13.3. The average molecular weight is 527 g/mol. The third kappa shape index (κ3) is 4.16. The summed E-state index contributed by atoms with van der Waals surface area (Å²) in [6.45, 7) is 2.85. The summed E-state index contributed by atoms with van der Waals surface area (Å²) in [5.41, 5.74) is 10.5. The van der Waals surface area contributed by atoms with Crippen molar-refractivity contribution in [1.82, 2.24) is 19.8 Å². The summed E-state index contributed by atoms with van der Waals surface area (Å²) in [5, 5.41) is 3.20. The summed E-state index contributed by atoms with van der Waals surface area (Å²) >= 11 is 1.28. The number of likely N-dealkylation sites (tertiary alicyclic amines) is 1. The van der Waals surface area contributed by atoms with Crippen LogP contribution in [-0.2, 0) is 6.42 Å². The van der Waals surface area contributed by atoms with E-state index in [-0.39, 0.29) is 23.3 Å². The number of hydrogen-bond donors (Lipinski definition) is 2. The molecule has 8 nitrogen and oxygen atoms in total. The number of aryl methyl sites for hydroxylation is 1. The monoisotopic (exact) mass is 526 g/mol. The zero-order valence-corrected chi connectivity index (χ0v) is 21.9. The molecule has 3 N–H and O–H groups in total. The van der Waals surface area contributed by atoms with Crippen molar-refractivity contribution in [2.75, 3.05) is 30.3 Å². The summed E-state index contributed by atoms with van der Waals surface area (Å²) in [7, 11) is 0. The van der Waals surface area contributed by atoms with Crippen LogP contribution in [0.15, 0.2) is 59.4 Å². The number of thiophene rings is 1. The topological polar surface area (TPSA) is 96.5 Å². The van der Waals surface area contributed by atoms with Crippen molar-refractivity contribution in [1.29, 1.82) is 0 Å². The fourth-order valence-corrected chi connectivity index (χ4v) is 6.80. The summed E-state index contributed by atoms with van der Waals surface area (Å²) < 4.78 is 1.60. The van der Waals surface area contributed by atoms with Crippen LogP contribution in [-0.4, -0.2) is 52.1 Å². The summed E-state index contributed by atoms with van der Waals surface area (Å²) in [6, 6.07) is 19.1. The van der Waals surface area contributed by atoms with Gasteiger partial charge in [-0.05, 0) is 68.0 Å². The van der Waals surface area contributed by atoms with Gasteiger partial charge in [-0.1, -0.05) is 24.3 Å².